The van der Waals surface area contributed by atoms with Gasteiger partial charge in [-0.05, 0) is 87.1 Å². The third-order valence-corrected chi connectivity index (χ3v) is 5.24. The fourth-order valence-corrected chi connectivity index (χ4v) is 3.31. The first kappa shape index (κ1) is 26.8. The second-order valence-electron chi connectivity index (χ2n) is 7.37. The van der Waals surface area contributed by atoms with Crippen molar-refractivity contribution in [3.8, 4) is 0 Å². The molecule has 2 nitrogen and oxygen atoms in total. The van der Waals surface area contributed by atoms with E-state index in [2.05, 4.69) is 64.0 Å². The molecule has 32 heavy (non-hydrogen) atoms. The summed E-state index contributed by atoms with van der Waals surface area (Å²) in [7, 11) is 0. The van der Waals surface area contributed by atoms with Crippen molar-refractivity contribution >= 4 is 11.6 Å². The molecule has 0 aliphatic rings. The second kappa shape index (κ2) is 13.9. The zero-order valence-corrected chi connectivity index (χ0v) is 20.7. The second-order valence-corrected chi connectivity index (χ2v) is 7.37. The van der Waals surface area contributed by atoms with Crippen molar-refractivity contribution in [3.63, 3.8) is 0 Å². The van der Waals surface area contributed by atoms with Gasteiger partial charge in [0.1, 0.15) is 0 Å². The molecule has 0 radical (unpaired) electrons. The van der Waals surface area contributed by atoms with Crippen LogP contribution in [0.15, 0.2) is 96.7 Å². The molecule has 2 heteroatoms. The highest BCUT2D eigenvalue weighted by molar-refractivity contribution is 5.73. The fourth-order valence-electron chi connectivity index (χ4n) is 3.31. The summed E-state index contributed by atoms with van der Waals surface area (Å²) < 4.78 is 0. The Morgan fingerprint density at radius 2 is 1.59 bits per heavy atom. The lowest BCUT2D eigenvalue weighted by Crippen LogP contribution is -2.04. The van der Waals surface area contributed by atoms with Gasteiger partial charge >= 0.3 is 0 Å². The van der Waals surface area contributed by atoms with Gasteiger partial charge in [0.05, 0.1) is 11.4 Å². The zero-order valence-electron chi connectivity index (χ0n) is 20.7. The van der Waals surface area contributed by atoms with Crippen LogP contribution in [-0.4, -0.2) is 9.97 Å². The molecule has 0 bridgehead atoms. The maximum Gasteiger partial charge on any atom is 0.159 e. The van der Waals surface area contributed by atoms with Crippen LogP contribution in [-0.2, 0) is 6.42 Å². The average Bonchev–Trinajstić information content (AvgIpc) is 2.81. The number of hydrogen-bond donors (Lipinski definition) is 0. The smallest absolute Gasteiger partial charge is 0.159 e. The van der Waals surface area contributed by atoms with E-state index in [0.717, 1.165) is 57.7 Å². The Kier molecular flexibility index (Phi) is 11.7. The topological polar surface area (TPSA) is 25.8 Å². The van der Waals surface area contributed by atoms with Gasteiger partial charge < -0.3 is 0 Å². The summed E-state index contributed by atoms with van der Waals surface area (Å²) in [4.78, 5) is 9.64. The summed E-state index contributed by atoms with van der Waals surface area (Å²) in [6.07, 6.45) is 22.1. The van der Waals surface area contributed by atoms with Crippen molar-refractivity contribution in [1.29, 1.82) is 0 Å². The van der Waals surface area contributed by atoms with E-state index in [9.17, 15) is 0 Å². The van der Waals surface area contributed by atoms with Crippen LogP contribution in [0.5, 0.6) is 0 Å². The molecule has 0 saturated carbocycles. The highest BCUT2D eigenvalue weighted by Crippen LogP contribution is 2.24. The van der Waals surface area contributed by atoms with Gasteiger partial charge in [-0.3, -0.25) is 0 Å². The maximum atomic E-state index is 4.87. The molecule has 1 heterocycles. The molecule has 168 valence electrons. The third kappa shape index (κ3) is 7.16. The molecule has 1 aromatic rings. The summed E-state index contributed by atoms with van der Waals surface area (Å²) >= 11 is 0. The Morgan fingerprint density at radius 3 is 2.09 bits per heavy atom. The van der Waals surface area contributed by atoms with E-state index in [1.807, 2.05) is 52.0 Å². The lowest BCUT2D eigenvalue weighted by atomic mass is 9.97. The van der Waals surface area contributed by atoms with Crippen LogP contribution in [0.4, 0.5) is 0 Å². The van der Waals surface area contributed by atoms with Gasteiger partial charge in [0.25, 0.3) is 0 Å². The average molecular weight is 427 g/mol. The van der Waals surface area contributed by atoms with E-state index >= 15 is 0 Å². The summed E-state index contributed by atoms with van der Waals surface area (Å²) in [5.41, 5.74) is 8.32. The minimum absolute atomic E-state index is 0.708. The molecule has 0 aliphatic carbocycles. The van der Waals surface area contributed by atoms with Crippen molar-refractivity contribution in [3.05, 3.63) is 119 Å². The van der Waals surface area contributed by atoms with Gasteiger partial charge in [-0.15, -0.1) is 0 Å². The number of aromatic nitrogens is 2. The van der Waals surface area contributed by atoms with E-state index in [-0.39, 0.29) is 0 Å². The van der Waals surface area contributed by atoms with Gasteiger partial charge in [0, 0.05) is 12.0 Å². The molecule has 0 unspecified atom stereocenters. The molecule has 0 aliphatic heterocycles. The Labute approximate surface area is 195 Å². The number of hydrogen-bond acceptors (Lipinski definition) is 2. The molecule has 0 aromatic carbocycles. The lowest BCUT2D eigenvalue weighted by molar-refractivity contribution is 0.981. The summed E-state index contributed by atoms with van der Waals surface area (Å²) in [5.74, 6) is 0.708. The van der Waals surface area contributed by atoms with Crippen molar-refractivity contribution in [2.75, 3.05) is 0 Å². The molecule has 0 saturated heterocycles. The van der Waals surface area contributed by atoms with E-state index in [4.69, 9.17) is 9.97 Å². The minimum Gasteiger partial charge on any atom is -0.232 e. The van der Waals surface area contributed by atoms with Crippen LogP contribution in [0, 0.1) is 6.92 Å². The van der Waals surface area contributed by atoms with Crippen LogP contribution in [0.1, 0.15) is 63.8 Å². The normalized spacial score (nSPS) is 14.1. The van der Waals surface area contributed by atoms with Gasteiger partial charge in [0.15, 0.2) is 5.82 Å². The van der Waals surface area contributed by atoms with Crippen LogP contribution in [0.2, 0.25) is 0 Å². The van der Waals surface area contributed by atoms with Crippen molar-refractivity contribution in [2.24, 2.45) is 0 Å². The Bertz CT molecular complexity index is 1020. The zero-order chi connectivity index (χ0) is 24.1. The number of allylic oxidation sites excluding steroid dienone is 14. The highest BCUT2D eigenvalue weighted by Gasteiger charge is 2.11. The first-order valence-electron chi connectivity index (χ1n) is 11.2. The Balaban J connectivity index is 3.52. The van der Waals surface area contributed by atoms with Crippen molar-refractivity contribution in [2.45, 2.75) is 54.4 Å². The highest BCUT2D eigenvalue weighted by atomic mass is 14.9. The summed E-state index contributed by atoms with van der Waals surface area (Å²) in [5, 5.41) is 0. The molecule has 0 N–H and O–H groups in total. The monoisotopic (exact) mass is 426 g/mol. The van der Waals surface area contributed by atoms with Crippen molar-refractivity contribution < 1.29 is 0 Å². The molecule has 0 amide bonds. The van der Waals surface area contributed by atoms with E-state index in [1.54, 1.807) is 6.08 Å². The number of nitrogens with zero attached hydrogens (tertiary/aromatic N) is 2. The van der Waals surface area contributed by atoms with Gasteiger partial charge in [-0.2, -0.15) is 0 Å². The van der Waals surface area contributed by atoms with Crippen molar-refractivity contribution in [1.82, 2.24) is 9.97 Å². The van der Waals surface area contributed by atoms with Crippen LogP contribution in [0.3, 0.4) is 0 Å². The quantitative estimate of drug-likeness (QED) is 0.262. The summed E-state index contributed by atoms with van der Waals surface area (Å²) in [6.45, 7) is 24.3. The third-order valence-electron chi connectivity index (χ3n) is 5.24. The summed E-state index contributed by atoms with van der Waals surface area (Å²) in [6, 6.07) is 0. The van der Waals surface area contributed by atoms with Gasteiger partial charge in [-0.25, -0.2) is 9.97 Å². The van der Waals surface area contributed by atoms with Crippen LogP contribution >= 0.6 is 0 Å². The SMILES string of the molecule is C=CC(=C\C(=C/C)C(\C=C)=C\CC)/C(C)=C/C(=C\C)c1nc(C=C)c(C)c(C/C=C\C)n1. The predicted octanol–water partition coefficient (Wildman–Crippen LogP) is 8.48. The molecular weight excluding hydrogens is 388 g/mol. The van der Waals surface area contributed by atoms with Crippen LogP contribution < -0.4 is 0 Å². The van der Waals surface area contributed by atoms with E-state index in [0.29, 0.717) is 5.82 Å². The van der Waals surface area contributed by atoms with E-state index in [1.165, 1.54) is 0 Å². The van der Waals surface area contributed by atoms with Gasteiger partial charge in [-0.1, -0.05) is 69.2 Å². The molecule has 0 fully saturated rings. The Morgan fingerprint density at radius 1 is 0.906 bits per heavy atom. The fraction of sp³-hybridized carbons (Fsp3) is 0.267. The minimum atomic E-state index is 0.708. The Hall–Kier alpha value is -3.26. The number of rotatable bonds is 11. The van der Waals surface area contributed by atoms with Gasteiger partial charge in [0.2, 0.25) is 0 Å². The molecule has 0 spiro atoms. The maximum absolute atomic E-state index is 4.87. The first-order chi connectivity index (χ1) is 15.4. The standard InChI is InChI=1S/C30H38N2/c1-10-17-19-29-23(9)28(16-7)31-30(32-29)27(15-6)20-22(8)25(13-4)21-26(14-5)24(12-3)18-11-2/h10,12-18,20-21H,3-4,7,11,19H2,1-2,5-6,8-9H3/b17-10-,22-20+,24-18+,25-21+,26-14+,27-15+. The largest absolute Gasteiger partial charge is 0.232 e. The van der Waals surface area contributed by atoms with E-state index < -0.39 is 0 Å². The van der Waals surface area contributed by atoms with Crippen LogP contribution in [0.25, 0.3) is 11.6 Å². The predicted molar refractivity (Wildman–Crippen MR) is 143 cm³/mol. The lowest BCUT2D eigenvalue weighted by Gasteiger charge is -2.12. The molecule has 1 rings (SSSR count). The molecule has 1 aromatic heterocycles. The molecule has 0 atom stereocenters. The molecular formula is C30H38N2. The first-order valence-corrected chi connectivity index (χ1v) is 11.2.